The van der Waals surface area contributed by atoms with E-state index in [1.807, 2.05) is 13.0 Å². The SMILES string of the molecule is CCc1nc2ccc(Br)cc2c(=O)n1N=Cc1ccc(OCC(=O)O)c(Br)c1. The third-order valence-corrected chi connectivity index (χ3v) is 4.93. The van der Waals surface area contributed by atoms with Crippen molar-refractivity contribution in [3.63, 3.8) is 0 Å². The summed E-state index contributed by atoms with van der Waals surface area (Å²) in [4.78, 5) is 28.0. The van der Waals surface area contributed by atoms with Gasteiger partial charge in [-0.2, -0.15) is 9.78 Å². The normalized spacial score (nSPS) is 11.2. The van der Waals surface area contributed by atoms with E-state index in [-0.39, 0.29) is 5.56 Å². The summed E-state index contributed by atoms with van der Waals surface area (Å²) in [5, 5.41) is 13.5. The van der Waals surface area contributed by atoms with E-state index in [4.69, 9.17) is 9.84 Å². The van der Waals surface area contributed by atoms with Gasteiger partial charge < -0.3 is 9.84 Å². The molecule has 0 amide bonds. The Morgan fingerprint density at radius 1 is 1.29 bits per heavy atom. The summed E-state index contributed by atoms with van der Waals surface area (Å²) in [7, 11) is 0. The number of hydrogen-bond acceptors (Lipinski definition) is 5. The van der Waals surface area contributed by atoms with Gasteiger partial charge in [-0.1, -0.05) is 22.9 Å². The summed E-state index contributed by atoms with van der Waals surface area (Å²) in [6, 6.07) is 10.4. The fraction of sp³-hybridized carbons (Fsp3) is 0.158. The molecule has 0 fully saturated rings. The maximum absolute atomic E-state index is 12.9. The molecule has 0 aliphatic carbocycles. The van der Waals surface area contributed by atoms with E-state index in [2.05, 4.69) is 41.9 Å². The first kappa shape index (κ1) is 20.2. The quantitative estimate of drug-likeness (QED) is 0.511. The third-order valence-electron chi connectivity index (χ3n) is 3.82. The largest absolute Gasteiger partial charge is 0.481 e. The molecule has 0 spiro atoms. The van der Waals surface area contributed by atoms with Gasteiger partial charge in [0.1, 0.15) is 11.6 Å². The number of ether oxygens (including phenoxy) is 1. The number of carboxylic acid groups (broad SMARTS) is 1. The molecule has 1 heterocycles. The van der Waals surface area contributed by atoms with Crippen LogP contribution in [-0.2, 0) is 11.2 Å². The minimum absolute atomic E-state index is 0.250. The van der Waals surface area contributed by atoms with Crippen molar-refractivity contribution in [2.75, 3.05) is 6.61 Å². The lowest BCUT2D eigenvalue weighted by atomic mass is 10.2. The van der Waals surface area contributed by atoms with E-state index in [1.165, 1.54) is 10.9 Å². The molecule has 1 aromatic heterocycles. The van der Waals surface area contributed by atoms with Gasteiger partial charge >= 0.3 is 5.97 Å². The molecule has 7 nitrogen and oxygen atoms in total. The molecule has 3 aromatic rings. The van der Waals surface area contributed by atoms with Crippen LogP contribution >= 0.6 is 31.9 Å². The second-order valence-electron chi connectivity index (χ2n) is 5.78. The fourth-order valence-electron chi connectivity index (χ4n) is 2.52. The molecule has 0 aliphatic rings. The highest BCUT2D eigenvalue weighted by molar-refractivity contribution is 9.10. The molecule has 144 valence electrons. The zero-order valence-corrected chi connectivity index (χ0v) is 17.9. The topological polar surface area (TPSA) is 93.8 Å². The average molecular weight is 509 g/mol. The lowest BCUT2D eigenvalue weighted by molar-refractivity contribution is -0.139. The second-order valence-corrected chi connectivity index (χ2v) is 7.55. The molecule has 1 N–H and O–H groups in total. The lowest BCUT2D eigenvalue weighted by Crippen LogP contribution is -2.22. The zero-order chi connectivity index (χ0) is 20.3. The fourth-order valence-corrected chi connectivity index (χ4v) is 3.39. The van der Waals surface area contributed by atoms with Crippen molar-refractivity contribution in [1.82, 2.24) is 9.66 Å². The van der Waals surface area contributed by atoms with Gasteiger partial charge in [0.2, 0.25) is 0 Å². The Bertz CT molecular complexity index is 1140. The number of carbonyl (C=O) groups is 1. The predicted molar refractivity (Wildman–Crippen MR) is 113 cm³/mol. The molecule has 0 aliphatic heterocycles. The van der Waals surface area contributed by atoms with Crippen molar-refractivity contribution >= 4 is 54.9 Å². The van der Waals surface area contributed by atoms with Crippen molar-refractivity contribution in [2.45, 2.75) is 13.3 Å². The van der Waals surface area contributed by atoms with Crippen LogP contribution < -0.4 is 10.3 Å². The Kier molecular flexibility index (Phi) is 6.25. The van der Waals surface area contributed by atoms with Crippen molar-refractivity contribution in [1.29, 1.82) is 0 Å². The van der Waals surface area contributed by atoms with E-state index in [1.54, 1.807) is 30.3 Å². The molecule has 9 heteroatoms. The van der Waals surface area contributed by atoms with Gasteiger partial charge in [0.15, 0.2) is 6.61 Å². The van der Waals surface area contributed by atoms with Gasteiger partial charge in [-0.05, 0) is 57.9 Å². The van der Waals surface area contributed by atoms with Crippen LogP contribution in [0, 0.1) is 0 Å². The van der Waals surface area contributed by atoms with Crippen LogP contribution in [0.3, 0.4) is 0 Å². The highest BCUT2D eigenvalue weighted by Crippen LogP contribution is 2.25. The van der Waals surface area contributed by atoms with Crippen LogP contribution in [-0.4, -0.2) is 33.6 Å². The molecule has 2 aromatic carbocycles. The third kappa shape index (κ3) is 4.48. The first-order chi connectivity index (χ1) is 13.4. The Morgan fingerprint density at radius 3 is 2.75 bits per heavy atom. The van der Waals surface area contributed by atoms with E-state index in [0.717, 1.165) is 4.47 Å². The van der Waals surface area contributed by atoms with Crippen molar-refractivity contribution < 1.29 is 14.6 Å². The average Bonchev–Trinajstić information content (AvgIpc) is 2.66. The summed E-state index contributed by atoms with van der Waals surface area (Å²) in [6.45, 7) is 1.48. The standard InChI is InChI=1S/C19H15Br2N3O4/c1-2-17-23-15-5-4-12(20)8-13(15)19(27)24(17)22-9-11-3-6-16(14(21)7-11)28-10-18(25)26/h3-9H,2,10H2,1H3,(H,25,26). The summed E-state index contributed by atoms with van der Waals surface area (Å²) in [5.74, 6) is -0.0980. The van der Waals surface area contributed by atoms with Gasteiger partial charge in [-0.3, -0.25) is 4.79 Å². The lowest BCUT2D eigenvalue weighted by Gasteiger charge is -2.08. The molecule has 0 bridgehead atoms. The van der Waals surface area contributed by atoms with Crippen LogP contribution in [0.25, 0.3) is 10.9 Å². The molecule has 0 radical (unpaired) electrons. The highest BCUT2D eigenvalue weighted by Gasteiger charge is 2.10. The van der Waals surface area contributed by atoms with Gasteiger partial charge in [0.05, 0.1) is 21.6 Å². The molecule has 0 atom stereocenters. The van der Waals surface area contributed by atoms with Crippen LogP contribution in [0.15, 0.2) is 55.2 Å². The Balaban J connectivity index is 1.96. The molecule has 3 rings (SSSR count). The van der Waals surface area contributed by atoms with Gasteiger partial charge in [-0.25, -0.2) is 9.78 Å². The molecule has 0 saturated heterocycles. The van der Waals surface area contributed by atoms with Gasteiger partial charge in [0, 0.05) is 10.9 Å². The number of aromatic nitrogens is 2. The maximum atomic E-state index is 12.9. The smallest absolute Gasteiger partial charge is 0.341 e. The number of hydrogen-bond donors (Lipinski definition) is 1. The first-order valence-electron chi connectivity index (χ1n) is 8.28. The van der Waals surface area contributed by atoms with E-state index < -0.39 is 12.6 Å². The Morgan fingerprint density at radius 2 is 2.07 bits per heavy atom. The Hall–Kier alpha value is -2.52. The molecule has 0 unspecified atom stereocenters. The number of aliphatic carboxylic acids is 1. The van der Waals surface area contributed by atoms with Gasteiger partial charge in [-0.15, -0.1) is 0 Å². The van der Waals surface area contributed by atoms with Crippen molar-refractivity contribution in [3.8, 4) is 5.75 Å². The van der Waals surface area contributed by atoms with Crippen LogP contribution in [0.5, 0.6) is 5.75 Å². The van der Waals surface area contributed by atoms with Crippen LogP contribution in [0.2, 0.25) is 0 Å². The minimum Gasteiger partial charge on any atom is -0.481 e. The monoisotopic (exact) mass is 507 g/mol. The molecular formula is C19H15Br2N3O4. The minimum atomic E-state index is -1.06. The number of aryl methyl sites for hydroxylation is 1. The highest BCUT2D eigenvalue weighted by atomic mass is 79.9. The number of rotatable bonds is 6. The first-order valence-corrected chi connectivity index (χ1v) is 9.87. The van der Waals surface area contributed by atoms with Gasteiger partial charge in [0.25, 0.3) is 5.56 Å². The number of benzene rings is 2. The molecule has 28 heavy (non-hydrogen) atoms. The maximum Gasteiger partial charge on any atom is 0.341 e. The van der Waals surface area contributed by atoms with E-state index >= 15 is 0 Å². The number of halogens is 2. The molecule has 0 saturated carbocycles. The van der Waals surface area contributed by atoms with Crippen molar-refractivity contribution in [2.24, 2.45) is 5.10 Å². The molecular weight excluding hydrogens is 494 g/mol. The van der Waals surface area contributed by atoms with E-state index in [9.17, 15) is 9.59 Å². The predicted octanol–water partition coefficient (Wildman–Crippen LogP) is 3.83. The van der Waals surface area contributed by atoms with E-state index in [0.29, 0.717) is 38.9 Å². The number of carboxylic acids is 1. The Labute approximate surface area is 176 Å². The van der Waals surface area contributed by atoms with Crippen LogP contribution in [0.1, 0.15) is 18.3 Å². The summed E-state index contributed by atoms with van der Waals surface area (Å²) in [6.07, 6.45) is 2.09. The number of nitrogens with zero attached hydrogens (tertiary/aromatic N) is 3. The summed E-state index contributed by atoms with van der Waals surface area (Å²) < 4.78 is 7.84. The summed E-state index contributed by atoms with van der Waals surface area (Å²) >= 11 is 6.71. The van der Waals surface area contributed by atoms with Crippen molar-refractivity contribution in [3.05, 3.63) is 67.1 Å². The second kappa shape index (κ2) is 8.66. The summed E-state index contributed by atoms with van der Waals surface area (Å²) in [5.41, 5.74) is 1.08. The zero-order valence-electron chi connectivity index (χ0n) is 14.7. The number of fused-ring (bicyclic) bond motifs is 1. The van der Waals surface area contributed by atoms with Crippen LogP contribution in [0.4, 0.5) is 0 Å².